The molecule has 132 valence electrons. The summed E-state index contributed by atoms with van der Waals surface area (Å²) in [7, 11) is 1.59. The smallest absolute Gasteiger partial charge is 0.274 e. The minimum atomic E-state index is -0.377. The van der Waals surface area contributed by atoms with Crippen LogP contribution >= 0.6 is 0 Å². The summed E-state index contributed by atoms with van der Waals surface area (Å²) in [6, 6.07) is 7.43. The summed E-state index contributed by atoms with van der Waals surface area (Å²) in [5.41, 5.74) is 0.880. The molecule has 7 nitrogen and oxygen atoms in total. The van der Waals surface area contributed by atoms with Crippen LogP contribution in [0.5, 0.6) is 5.75 Å². The molecule has 0 bridgehead atoms. The summed E-state index contributed by atoms with van der Waals surface area (Å²) in [5, 5.41) is 9.36. The van der Waals surface area contributed by atoms with Crippen molar-refractivity contribution < 1.29 is 18.7 Å². The van der Waals surface area contributed by atoms with Crippen molar-refractivity contribution in [1.82, 2.24) is 20.4 Å². The van der Waals surface area contributed by atoms with Crippen LogP contribution < -0.4 is 10.1 Å². The Balaban J connectivity index is 1.58. The van der Waals surface area contributed by atoms with Crippen molar-refractivity contribution in [3.05, 3.63) is 47.5 Å². The molecule has 1 aromatic heterocycles. The molecule has 0 saturated carbocycles. The van der Waals surface area contributed by atoms with Crippen molar-refractivity contribution in [2.75, 3.05) is 20.1 Å². The van der Waals surface area contributed by atoms with Crippen molar-refractivity contribution in [2.45, 2.75) is 13.0 Å². The summed E-state index contributed by atoms with van der Waals surface area (Å²) >= 11 is 0. The number of aromatic nitrogens is 2. The number of aromatic amines is 1. The van der Waals surface area contributed by atoms with Gasteiger partial charge in [-0.2, -0.15) is 5.10 Å². The van der Waals surface area contributed by atoms with Crippen molar-refractivity contribution >= 4 is 11.8 Å². The third-order valence-corrected chi connectivity index (χ3v) is 4.13. The van der Waals surface area contributed by atoms with Crippen LogP contribution in [0.25, 0.3) is 0 Å². The Kier molecular flexibility index (Phi) is 4.97. The first-order valence-electron chi connectivity index (χ1n) is 8.00. The highest BCUT2D eigenvalue weighted by atomic mass is 19.1. The second-order valence-electron chi connectivity index (χ2n) is 5.88. The predicted octanol–water partition coefficient (Wildman–Crippen LogP) is 1.34. The van der Waals surface area contributed by atoms with Crippen LogP contribution in [-0.4, -0.2) is 47.0 Å². The van der Waals surface area contributed by atoms with E-state index in [1.807, 2.05) is 0 Å². The average molecular weight is 346 g/mol. The van der Waals surface area contributed by atoms with Crippen LogP contribution in [0.2, 0.25) is 0 Å². The molecule has 0 aliphatic carbocycles. The molecule has 1 fully saturated rings. The normalized spacial score (nSPS) is 16.7. The van der Waals surface area contributed by atoms with E-state index in [4.69, 9.17) is 4.74 Å². The van der Waals surface area contributed by atoms with Gasteiger partial charge >= 0.3 is 0 Å². The minimum absolute atomic E-state index is 0.0542. The second-order valence-corrected chi connectivity index (χ2v) is 5.88. The molecule has 2 N–H and O–H groups in total. The fraction of sp³-hybridized carbons (Fsp3) is 0.353. The van der Waals surface area contributed by atoms with Gasteiger partial charge in [0.15, 0.2) is 5.69 Å². The third-order valence-electron chi connectivity index (χ3n) is 4.13. The zero-order valence-electron chi connectivity index (χ0n) is 13.8. The molecular formula is C17H19FN4O3. The van der Waals surface area contributed by atoms with Gasteiger partial charge < -0.3 is 15.0 Å². The van der Waals surface area contributed by atoms with Gasteiger partial charge in [-0.15, -0.1) is 0 Å². The highest BCUT2D eigenvalue weighted by molar-refractivity contribution is 5.93. The first-order valence-corrected chi connectivity index (χ1v) is 8.00. The van der Waals surface area contributed by atoms with Gasteiger partial charge in [0.25, 0.3) is 5.91 Å². The van der Waals surface area contributed by atoms with Gasteiger partial charge in [0, 0.05) is 26.2 Å². The van der Waals surface area contributed by atoms with E-state index < -0.39 is 0 Å². The van der Waals surface area contributed by atoms with Crippen molar-refractivity contribution in [1.29, 1.82) is 0 Å². The number of hydrogen-bond donors (Lipinski definition) is 2. The molecule has 0 radical (unpaired) electrons. The number of likely N-dealkylation sites (tertiary alicyclic amines) is 1. The molecular weight excluding hydrogens is 327 g/mol. The van der Waals surface area contributed by atoms with E-state index in [9.17, 15) is 14.0 Å². The molecule has 1 saturated heterocycles. The molecule has 25 heavy (non-hydrogen) atoms. The van der Waals surface area contributed by atoms with Crippen molar-refractivity contribution in [2.24, 2.45) is 5.92 Å². The van der Waals surface area contributed by atoms with Gasteiger partial charge in [-0.3, -0.25) is 14.7 Å². The Morgan fingerprint density at radius 2 is 2.28 bits per heavy atom. The van der Waals surface area contributed by atoms with E-state index in [-0.39, 0.29) is 35.9 Å². The standard InChI is InChI=1S/C17H19FN4O3/c1-19-16(23)11-5-6-22(9-11)17(24)15-8-13(20-21-15)10-25-14-4-2-3-12(18)7-14/h2-4,7-8,11H,5-6,9-10H2,1H3,(H,19,23)(H,20,21). The zero-order valence-corrected chi connectivity index (χ0v) is 13.8. The molecule has 8 heteroatoms. The Morgan fingerprint density at radius 3 is 3.04 bits per heavy atom. The van der Waals surface area contributed by atoms with Crippen LogP contribution in [0.1, 0.15) is 22.6 Å². The number of nitrogens with zero attached hydrogens (tertiary/aromatic N) is 2. The van der Waals surface area contributed by atoms with Crippen LogP contribution in [0, 0.1) is 11.7 Å². The number of amides is 2. The highest BCUT2D eigenvalue weighted by Crippen LogP contribution is 2.19. The summed E-state index contributed by atoms with van der Waals surface area (Å²) in [4.78, 5) is 25.7. The fourth-order valence-corrected chi connectivity index (χ4v) is 2.79. The van der Waals surface area contributed by atoms with Crippen LogP contribution in [0.4, 0.5) is 4.39 Å². The Morgan fingerprint density at radius 1 is 1.44 bits per heavy atom. The lowest BCUT2D eigenvalue weighted by molar-refractivity contribution is -0.124. The highest BCUT2D eigenvalue weighted by Gasteiger charge is 2.31. The summed E-state index contributed by atoms with van der Waals surface area (Å²) in [6.07, 6.45) is 0.644. The van der Waals surface area contributed by atoms with E-state index in [1.54, 1.807) is 30.1 Å². The maximum absolute atomic E-state index is 13.1. The van der Waals surface area contributed by atoms with Crippen LogP contribution in [0.15, 0.2) is 30.3 Å². The molecule has 0 spiro atoms. The molecule has 1 aromatic carbocycles. The molecule has 2 heterocycles. The van der Waals surface area contributed by atoms with E-state index in [1.165, 1.54) is 12.1 Å². The molecule has 3 rings (SSSR count). The number of hydrogen-bond acceptors (Lipinski definition) is 4. The van der Waals surface area contributed by atoms with Gasteiger partial charge in [-0.25, -0.2) is 4.39 Å². The van der Waals surface area contributed by atoms with Gasteiger partial charge in [0.2, 0.25) is 5.91 Å². The molecule has 2 aromatic rings. The maximum Gasteiger partial charge on any atom is 0.274 e. The van der Waals surface area contributed by atoms with Gasteiger partial charge in [0.1, 0.15) is 18.2 Å². The molecule has 2 amide bonds. The number of ether oxygens (including phenoxy) is 1. The summed E-state index contributed by atoms with van der Waals surface area (Å²) in [6.45, 7) is 1.06. The number of rotatable bonds is 5. The van der Waals surface area contributed by atoms with Crippen LogP contribution in [-0.2, 0) is 11.4 Å². The van der Waals surface area contributed by atoms with Gasteiger partial charge in [-0.1, -0.05) is 6.07 Å². The van der Waals surface area contributed by atoms with Crippen LogP contribution in [0.3, 0.4) is 0 Å². The second kappa shape index (κ2) is 7.33. The first-order chi connectivity index (χ1) is 12.1. The zero-order chi connectivity index (χ0) is 17.8. The van der Waals surface area contributed by atoms with Crippen molar-refractivity contribution in [3.8, 4) is 5.75 Å². The van der Waals surface area contributed by atoms with Gasteiger partial charge in [0.05, 0.1) is 11.6 Å². The summed E-state index contributed by atoms with van der Waals surface area (Å²) in [5.74, 6) is -0.432. The number of H-pyrrole nitrogens is 1. The maximum atomic E-state index is 13.1. The number of nitrogens with one attached hydrogen (secondary N) is 2. The monoisotopic (exact) mass is 346 g/mol. The average Bonchev–Trinajstić information content (AvgIpc) is 3.28. The number of carbonyl (C=O) groups excluding carboxylic acids is 2. The van der Waals surface area contributed by atoms with E-state index in [2.05, 4.69) is 15.5 Å². The molecule has 1 aliphatic heterocycles. The minimum Gasteiger partial charge on any atom is -0.487 e. The van der Waals surface area contributed by atoms with Crippen molar-refractivity contribution in [3.63, 3.8) is 0 Å². The first kappa shape index (κ1) is 16.9. The van der Waals surface area contributed by atoms with E-state index in [0.29, 0.717) is 31.0 Å². The quantitative estimate of drug-likeness (QED) is 0.855. The summed E-state index contributed by atoms with van der Waals surface area (Å²) < 4.78 is 18.6. The van der Waals surface area contributed by atoms with E-state index >= 15 is 0 Å². The predicted molar refractivity (Wildman–Crippen MR) is 87.4 cm³/mol. The fourth-order valence-electron chi connectivity index (χ4n) is 2.79. The molecule has 1 unspecified atom stereocenters. The lowest BCUT2D eigenvalue weighted by Crippen LogP contribution is -2.33. The Labute approximate surface area is 144 Å². The molecule has 1 atom stereocenters. The lowest BCUT2D eigenvalue weighted by atomic mass is 10.1. The SMILES string of the molecule is CNC(=O)C1CCN(C(=O)c2cc(COc3cccc(F)c3)[nH]n2)C1. The third kappa shape index (κ3) is 3.96. The largest absolute Gasteiger partial charge is 0.487 e. The number of benzene rings is 1. The van der Waals surface area contributed by atoms with Gasteiger partial charge in [-0.05, 0) is 24.6 Å². The molecule has 1 aliphatic rings. The van der Waals surface area contributed by atoms with E-state index in [0.717, 1.165) is 0 Å². The number of halogens is 1. The Bertz CT molecular complexity index is 777. The number of carbonyl (C=O) groups is 2. The Hall–Kier alpha value is -2.90. The topological polar surface area (TPSA) is 87.3 Å². The lowest BCUT2D eigenvalue weighted by Gasteiger charge is -2.14.